The quantitative estimate of drug-likeness (QED) is 0.681. The van der Waals surface area contributed by atoms with Crippen molar-refractivity contribution in [2.24, 2.45) is 11.1 Å². The summed E-state index contributed by atoms with van der Waals surface area (Å²) < 4.78 is 13.7. The minimum absolute atomic E-state index is 0.223. The van der Waals surface area contributed by atoms with E-state index in [9.17, 15) is 4.39 Å². The minimum Gasteiger partial charge on any atom is -0.411 e. The van der Waals surface area contributed by atoms with Gasteiger partial charge in [-0.1, -0.05) is 23.7 Å². The molecule has 2 rings (SSSR count). The number of likely N-dealkylation sites (tertiary alicyclic amines) is 1. The first-order valence-corrected chi connectivity index (χ1v) is 6.89. The van der Waals surface area contributed by atoms with Gasteiger partial charge in [0.2, 0.25) is 0 Å². The number of halogens is 2. The lowest BCUT2D eigenvalue weighted by atomic mass is 9.93. The van der Waals surface area contributed by atoms with Gasteiger partial charge >= 0.3 is 0 Å². The largest absolute Gasteiger partial charge is 0.411 e. The second kappa shape index (κ2) is 6.35. The van der Waals surface area contributed by atoms with Gasteiger partial charge in [-0.05, 0) is 24.6 Å². The fraction of sp³-hybridized carbons (Fsp3) is 0.500. The third-order valence-electron chi connectivity index (χ3n) is 3.66. The molecule has 1 aromatic rings. The summed E-state index contributed by atoms with van der Waals surface area (Å²) in [7, 11) is 0. The van der Waals surface area contributed by atoms with Crippen molar-refractivity contribution in [3.05, 3.63) is 34.6 Å². The zero-order valence-corrected chi connectivity index (χ0v) is 11.7. The lowest BCUT2D eigenvalue weighted by Gasteiger charge is -2.32. The second-order valence-corrected chi connectivity index (χ2v) is 5.35. The van der Waals surface area contributed by atoms with Crippen molar-refractivity contribution in [3.8, 4) is 0 Å². The highest BCUT2D eigenvalue weighted by Gasteiger charge is 2.25. The molecule has 1 unspecified atom stereocenters. The van der Waals surface area contributed by atoms with Crippen LogP contribution in [0.4, 0.5) is 4.39 Å². The Balaban J connectivity index is 2.06. The first-order valence-electron chi connectivity index (χ1n) is 6.51. The van der Waals surface area contributed by atoms with Crippen molar-refractivity contribution in [2.45, 2.75) is 26.3 Å². The second-order valence-electron chi connectivity index (χ2n) is 4.92. The van der Waals surface area contributed by atoms with Crippen molar-refractivity contribution in [2.75, 3.05) is 13.1 Å². The van der Waals surface area contributed by atoms with E-state index in [0.29, 0.717) is 17.1 Å². The maximum Gasteiger partial charge on any atom is 0.127 e. The van der Waals surface area contributed by atoms with Crippen molar-refractivity contribution < 1.29 is 9.60 Å². The van der Waals surface area contributed by atoms with Gasteiger partial charge in [0.15, 0.2) is 0 Å². The number of nitrogens with zero attached hydrogens (tertiary/aromatic N) is 2. The van der Waals surface area contributed by atoms with E-state index < -0.39 is 0 Å². The van der Waals surface area contributed by atoms with Crippen LogP contribution in [0.15, 0.2) is 23.4 Å². The normalized spacial score (nSPS) is 22.9. The van der Waals surface area contributed by atoms with Crippen LogP contribution in [0.3, 0.4) is 0 Å². The Morgan fingerprint density at radius 1 is 1.53 bits per heavy atom. The highest BCUT2D eigenvalue weighted by atomic mass is 35.5. The Hall–Kier alpha value is -1.13. The number of hydrogen-bond donors (Lipinski definition) is 1. The Morgan fingerprint density at radius 2 is 2.32 bits per heavy atom. The van der Waals surface area contributed by atoms with E-state index in [2.05, 4.69) is 17.0 Å². The predicted molar refractivity (Wildman–Crippen MR) is 74.3 cm³/mol. The molecule has 0 radical (unpaired) electrons. The molecular formula is C14H18ClFN2O. The monoisotopic (exact) mass is 284 g/mol. The average molecular weight is 285 g/mol. The molecule has 1 heterocycles. The smallest absolute Gasteiger partial charge is 0.127 e. The number of benzene rings is 1. The van der Waals surface area contributed by atoms with E-state index >= 15 is 0 Å². The molecule has 0 amide bonds. The highest BCUT2D eigenvalue weighted by molar-refractivity contribution is 6.30. The zero-order valence-electron chi connectivity index (χ0n) is 10.9. The van der Waals surface area contributed by atoms with Gasteiger partial charge in [-0.3, -0.25) is 4.90 Å². The molecule has 1 aliphatic rings. The predicted octanol–water partition coefficient (Wildman–Crippen LogP) is 3.54. The van der Waals surface area contributed by atoms with Crippen LogP contribution in [0, 0.1) is 11.7 Å². The van der Waals surface area contributed by atoms with Gasteiger partial charge in [0.1, 0.15) is 5.82 Å². The molecule has 3 nitrogen and oxygen atoms in total. The summed E-state index contributed by atoms with van der Waals surface area (Å²) in [5.74, 6) is 0.0278. The van der Waals surface area contributed by atoms with E-state index in [1.54, 1.807) is 12.1 Å². The van der Waals surface area contributed by atoms with Gasteiger partial charge in [-0.15, -0.1) is 0 Å². The number of hydrogen-bond acceptors (Lipinski definition) is 3. The molecule has 1 saturated heterocycles. The van der Waals surface area contributed by atoms with Crippen molar-refractivity contribution in [1.82, 2.24) is 4.90 Å². The summed E-state index contributed by atoms with van der Waals surface area (Å²) in [6.07, 6.45) is 1.66. The maximum atomic E-state index is 13.7. The van der Waals surface area contributed by atoms with Crippen molar-refractivity contribution in [3.63, 3.8) is 0 Å². The molecule has 1 aromatic carbocycles. The molecular weight excluding hydrogens is 267 g/mol. The topological polar surface area (TPSA) is 35.8 Å². The molecule has 104 valence electrons. The Morgan fingerprint density at radius 3 is 3.00 bits per heavy atom. The minimum atomic E-state index is -0.223. The molecule has 0 spiro atoms. The van der Waals surface area contributed by atoms with Crippen molar-refractivity contribution >= 4 is 17.3 Å². The number of piperidine rings is 1. The molecule has 19 heavy (non-hydrogen) atoms. The molecule has 0 bridgehead atoms. The van der Waals surface area contributed by atoms with Crippen LogP contribution in [0.2, 0.25) is 5.02 Å². The third kappa shape index (κ3) is 3.45. The van der Waals surface area contributed by atoms with Gasteiger partial charge < -0.3 is 5.21 Å². The molecule has 0 aliphatic carbocycles. The van der Waals surface area contributed by atoms with E-state index in [-0.39, 0.29) is 11.7 Å². The van der Waals surface area contributed by atoms with Crippen LogP contribution in [-0.4, -0.2) is 28.9 Å². The SMILES string of the molecule is CCC1CN(Cc2cc(Cl)ccc2F)CC/C1=N\O. The number of oxime groups is 1. The first-order chi connectivity index (χ1) is 9.13. The van der Waals surface area contributed by atoms with Crippen LogP contribution in [0.1, 0.15) is 25.3 Å². The summed E-state index contributed by atoms with van der Waals surface area (Å²) in [6, 6.07) is 4.63. The molecule has 1 N–H and O–H groups in total. The zero-order chi connectivity index (χ0) is 13.8. The molecule has 1 atom stereocenters. The van der Waals surface area contributed by atoms with Crippen LogP contribution in [0.5, 0.6) is 0 Å². The van der Waals surface area contributed by atoms with Crippen LogP contribution in [0.25, 0.3) is 0 Å². The Bertz CT molecular complexity index is 479. The van der Waals surface area contributed by atoms with Gasteiger partial charge in [-0.2, -0.15) is 0 Å². The molecule has 1 fully saturated rings. The van der Waals surface area contributed by atoms with Crippen LogP contribution < -0.4 is 0 Å². The summed E-state index contributed by atoms with van der Waals surface area (Å²) in [5, 5.41) is 12.9. The summed E-state index contributed by atoms with van der Waals surface area (Å²) in [4.78, 5) is 2.18. The van der Waals surface area contributed by atoms with Crippen LogP contribution >= 0.6 is 11.6 Å². The lowest BCUT2D eigenvalue weighted by molar-refractivity contribution is 0.218. The molecule has 1 aliphatic heterocycles. The fourth-order valence-electron chi connectivity index (χ4n) is 2.53. The lowest BCUT2D eigenvalue weighted by Crippen LogP contribution is -2.40. The summed E-state index contributed by atoms with van der Waals surface area (Å²) in [6.45, 7) is 4.19. The number of rotatable bonds is 3. The van der Waals surface area contributed by atoms with Gasteiger partial charge in [-0.25, -0.2) is 4.39 Å². The molecule has 5 heteroatoms. The van der Waals surface area contributed by atoms with Gasteiger partial charge in [0.05, 0.1) is 5.71 Å². The highest BCUT2D eigenvalue weighted by Crippen LogP contribution is 2.22. The standard InChI is InChI=1S/C14H18ClFN2O/c1-2-10-8-18(6-5-14(10)17-19)9-11-7-12(15)3-4-13(11)16/h3-4,7,10,19H,2,5-6,8-9H2,1H3/b17-14+. The summed E-state index contributed by atoms with van der Waals surface area (Å²) >= 11 is 5.90. The van der Waals surface area contributed by atoms with Crippen LogP contribution in [-0.2, 0) is 6.54 Å². The first kappa shape index (κ1) is 14.3. The average Bonchev–Trinajstić information content (AvgIpc) is 2.42. The van der Waals surface area contributed by atoms with E-state index in [1.807, 2.05) is 0 Å². The molecule has 0 saturated carbocycles. The maximum absolute atomic E-state index is 13.7. The van der Waals surface area contributed by atoms with E-state index in [4.69, 9.17) is 16.8 Å². The summed E-state index contributed by atoms with van der Waals surface area (Å²) in [5.41, 5.74) is 1.47. The third-order valence-corrected chi connectivity index (χ3v) is 3.89. The Labute approximate surface area is 117 Å². The van der Waals surface area contributed by atoms with Gasteiger partial charge in [0, 0.05) is 42.6 Å². The Kier molecular flexibility index (Phi) is 4.77. The van der Waals surface area contributed by atoms with E-state index in [1.165, 1.54) is 6.07 Å². The fourth-order valence-corrected chi connectivity index (χ4v) is 2.73. The molecule has 0 aromatic heterocycles. The van der Waals surface area contributed by atoms with Crippen molar-refractivity contribution in [1.29, 1.82) is 0 Å². The van der Waals surface area contributed by atoms with Gasteiger partial charge in [0.25, 0.3) is 0 Å². The van der Waals surface area contributed by atoms with E-state index in [0.717, 1.165) is 31.6 Å².